The highest BCUT2D eigenvalue weighted by Crippen LogP contribution is 2.19. The lowest BCUT2D eigenvalue weighted by Crippen LogP contribution is -2.45. The highest BCUT2D eigenvalue weighted by atomic mass is 35.5. The van der Waals surface area contributed by atoms with E-state index < -0.39 is 0 Å². The highest BCUT2D eigenvalue weighted by Gasteiger charge is 2.22. The summed E-state index contributed by atoms with van der Waals surface area (Å²) in [7, 11) is 0. The van der Waals surface area contributed by atoms with Crippen LogP contribution in [0.25, 0.3) is 0 Å². The Bertz CT molecular complexity index is 720. The van der Waals surface area contributed by atoms with Gasteiger partial charge in [0, 0.05) is 24.7 Å². The molecular weight excluding hydrogens is 336 g/mol. The first-order valence-corrected chi connectivity index (χ1v) is 8.45. The minimum absolute atomic E-state index is 0. The monoisotopic (exact) mass is 360 g/mol. The van der Waals surface area contributed by atoms with Crippen molar-refractivity contribution in [2.24, 2.45) is 5.73 Å². The van der Waals surface area contributed by atoms with Crippen molar-refractivity contribution in [3.05, 3.63) is 65.2 Å². The van der Waals surface area contributed by atoms with Crippen LogP contribution in [0.1, 0.15) is 34.3 Å². The number of aryl methyl sites for hydroxylation is 1. The smallest absolute Gasteiger partial charge is 0.254 e. The summed E-state index contributed by atoms with van der Waals surface area (Å²) in [6, 6.07) is 15.7. The molecule has 2 N–H and O–H groups in total. The number of hydrogen-bond acceptors (Lipinski definition) is 3. The van der Waals surface area contributed by atoms with Gasteiger partial charge in [-0.15, -0.1) is 12.4 Å². The molecule has 0 aliphatic carbocycles. The van der Waals surface area contributed by atoms with E-state index in [9.17, 15) is 4.79 Å². The van der Waals surface area contributed by atoms with Crippen LogP contribution in [0.2, 0.25) is 0 Å². The van der Waals surface area contributed by atoms with Crippen LogP contribution in [0, 0.1) is 6.92 Å². The number of likely N-dealkylation sites (tertiary alicyclic amines) is 1. The number of halogens is 1. The molecule has 1 heterocycles. The van der Waals surface area contributed by atoms with E-state index in [1.165, 1.54) is 5.56 Å². The second-order valence-corrected chi connectivity index (χ2v) is 6.46. The van der Waals surface area contributed by atoms with Crippen LogP contribution in [0.5, 0.6) is 5.75 Å². The number of ether oxygens (including phenoxy) is 1. The summed E-state index contributed by atoms with van der Waals surface area (Å²) in [5.41, 5.74) is 8.96. The van der Waals surface area contributed by atoms with Crippen LogP contribution < -0.4 is 10.5 Å². The topological polar surface area (TPSA) is 55.6 Å². The fourth-order valence-electron chi connectivity index (χ4n) is 3.06. The summed E-state index contributed by atoms with van der Waals surface area (Å²) >= 11 is 0. The second kappa shape index (κ2) is 8.88. The molecule has 4 nitrogen and oxygen atoms in total. The van der Waals surface area contributed by atoms with Crippen molar-refractivity contribution in [3.8, 4) is 5.75 Å². The summed E-state index contributed by atoms with van der Waals surface area (Å²) in [6.07, 6.45) is 1.96. The van der Waals surface area contributed by atoms with Gasteiger partial charge in [0.25, 0.3) is 5.91 Å². The number of nitrogens with zero attached hydrogens (tertiary/aromatic N) is 1. The maximum atomic E-state index is 12.6. The Balaban J connectivity index is 0.00000225. The van der Waals surface area contributed by atoms with Crippen LogP contribution >= 0.6 is 12.4 Å². The lowest BCUT2D eigenvalue weighted by molar-refractivity contribution is 0.0708. The third-order valence-corrected chi connectivity index (χ3v) is 4.31. The quantitative estimate of drug-likeness (QED) is 0.907. The number of carbonyl (C=O) groups is 1. The Kier molecular flexibility index (Phi) is 6.85. The van der Waals surface area contributed by atoms with Gasteiger partial charge >= 0.3 is 0 Å². The Hall–Kier alpha value is -2.04. The highest BCUT2D eigenvalue weighted by molar-refractivity contribution is 5.94. The van der Waals surface area contributed by atoms with Crippen LogP contribution in [0.15, 0.2) is 48.5 Å². The number of nitrogens with two attached hydrogens (primary N) is 1. The van der Waals surface area contributed by atoms with Gasteiger partial charge in [-0.25, -0.2) is 0 Å². The molecular formula is C20H25ClN2O2. The van der Waals surface area contributed by atoms with Gasteiger partial charge in [-0.1, -0.05) is 35.9 Å². The first-order chi connectivity index (χ1) is 11.6. The van der Waals surface area contributed by atoms with Crippen LogP contribution in [0.4, 0.5) is 0 Å². The van der Waals surface area contributed by atoms with E-state index >= 15 is 0 Å². The van der Waals surface area contributed by atoms with E-state index in [0.717, 1.165) is 24.9 Å². The average molecular weight is 361 g/mol. The number of hydrogen-bond donors (Lipinski definition) is 1. The molecule has 1 atom stereocenters. The van der Waals surface area contributed by atoms with Crippen molar-refractivity contribution < 1.29 is 9.53 Å². The van der Waals surface area contributed by atoms with Crippen molar-refractivity contribution >= 4 is 18.3 Å². The van der Waals surface area contributed by atoms with Crippen molar-refractivity contribution in [3.63, 3.8) is 0 Å². The Labute approximate surface area is 155 Å². The SMILES string of the molecule is Cc1cccc(COc2cccc(C(=O)N3CCCC(N)C3)c2)c1.Cl. The molecule has 0 bridgehead atoms. The van der Waals surface area contributed by atoms with Gasteiger partial charge < -0.3 is 15.4 Å². The summed E-state index contributed by atoms with van der Waals surface area (Å²) in [5, 5.41) is 0. The predicted molar refractivity (Wildman–Crippen MR) is 102 cm³/mol. The lowest BCUT2D eigenvalue weighted by atomic mass is 10.1. The Morgan fingerprint density at radius 2 is 2.04 bits per heavy atom. The second-order valence-electron chi connectivity index (χ2n) is 6.46. The van der Waals surface area contributed by atoms with Crippen LogP contribution in [-0.2, 0) is 6.61 Å². The van der Waals surface area contributed by atoms with Crippen molar-refractivity contribution in [2.75, 3.05) is 13.1 Å². The number of benzene rings is 2. The first-order valence-electron chi connectivity index (χ1n) is 8.45. The molecule has 1 aliphatic heterocycles. The zero-order chi connectivity index (χ0) is 16.9. The van der Waals surface area contributed by atoms with Crippen molar-refractivity contribution in [1.29, 1.82) is 0 Å². The third kappa shape index (κ3) is 5.21. The molecule has 5 heteroatoms. The van der Waals surface area contributed by atoms with Gasteiger partial charge in [-0.3, -0.25) is 4.79 Å². The summed E-state index contributed by atoms with van der Waals surface area (Å²) in [5.74, 6) is 0.745. The molecule has 0 aromatic heterocycles. The van der Waals surface area contributed by atoms with Gasteiger partial charge in [-0.2, -0.15) is 0 Å². The van der Waals surface area contributed by atoms with Gasteiger partial charge in [-0.05, 0) is 43.5 Å². The minimum atomic E-state index is 0. The largest absolute Gasteiger partial charge is 0.489 e. The van der Waals surface area contributed by atoms with E-state index in [1.807, 2.05) is 41.3 Å². The molecule has 1 aliphatic rings. The van der Waals surface area contributed by atoms with E-state index in [-0.39, 0.29) is 24.4 Å². The fourth-order valence-corrected chi connectivity index (χ4v) is 3.06. The molecule has 25 heavy (non-hydrogen) atoms. The van der Waals surface area contributed by atoms with Crippen molar-refractivity contribution in [2.45, 2.75) is 32.4 Å². The summed E-state index contributed by atoms with van der Waals surface area (Å²) < 4.78 is 5.85. The molecule has 1 unspecified atom stereocenters. The fraction of sp³-hybridized carbons (Fsp3) is 0.350. The summed E-state index contributed by atoms with van der Waals surface area (Å²) in [4.78, 5) is 14.5. The minimum Gasteiger partial charge on any atom is -0.489 e. The average Bonchev–Trinajstić information content (AvgIpc) is 2.60. The molecule has 0 saturated carbocycles. The van der Waals surface area contributed by atoms with E-state index in [1.54, 1.807) is 0 Å². The lowest BCUT2D eigenvalue weighted by Gasteiger charge is -2.30. The first kappa shape index (κ1) is 19.3. The number of amides is 1. The van der Waals surface area contributed by atoms with Crippen molar-refractivity contribution in [1.82, 2.24) is 4.90 Å². The maximum Gasteiger partial charge on any atom is 0.254 e. The predicted octanol–water partition coefficient (Wildman–Crippen LogP) is 3.56. The molecule has 3 rings (SSSR count). The molecule has 2 aromatic carbocycles. The standard InChI is InChI=1S/C20H24N2O2.ClH/c1-15-5-2-6-16(11-15)14-24-19-9-3-7-17(12-19)20(23)22-10-4-8-18(21)13-22;/h2-3,5-7,9,11-12,18H,4,8,10,13-14,21H2,1H3;1H. The van der Waals surface area contributed by atoms with E-state index in [0.29, 0.717) is 24.5 Å². The molecule has 0 spiro atoms. The van der Waals surface area contributed by atoms with E-state index in [2.05, 4.69) is 19.1 Å². The van der Waals surface area contributed by atoms with Gasteiger partial charge in [0.2, 0.25) is 0 Å². The zero-order valence-corrected chi connectivity index (χ0v) is 15.3. The van der Waals surface area contributed by atoms with Gasteiger partial charge in [0.05, 0.1) is 0 Å². The molecule has 1 fully saturated rings. The van der Waals surface area contributed by atoms with Gasteiger partial charge in [0.1, 0.15) is 12.4 Å². The number of piperidine rings is 1. The molecule has 1 amide bonds. The zero-order valence-electron chi connectivity index (χ0n) is 14.5. The number of carbonyl (C=O) groups excluding carboxylic acids is 1. The molecule has 134 valence electrons. The third-order valence-electron chi connectivity index (χ3n) is 4.31. The number of rotatable bonds is 4. The molecule has 0 radical (unpaired) electrons. The van der Waals surface area contributed by atoms with Crippen LogP contribution in [-0.4, -0.2) is 29.9 Å². The normalized spacial score (nSPS) is 16.9. The maximum absolute atomic E-state index is 12.6. The molecule has 2 aromatic rings. The Morgan fingerprint density at radius 3 is 2.80 bits per heavy atom. The van der Waals surface area contributed by atoms with Gasteiger partial charge in [0.15, 0.2) is 0 Å². The van der Waals surface area contributed by atoms with E-state index in [4.69, 9.17) is 10.5 Å². The van der Waals surface area contributed by atoms with Crippen LogP contribution in [0.3, 0.4) is 0 Å². The Morgan fingerprint density at radius 1 is 1.24 bits per heavy atom. The molecule has 1 saturated heterocycles. The summed E-state index contributed by atoms with van der Waals surface area (Å²) in [6.45, 7) is 3.97.